The van der Waals surface area contributed by atoms with E-state index in [4.69, 9.17) is 51.0 Å². The minimum Gasteiger partial charge on any atom is -0.504 e. The molecule has 0 bridgehead atoms. The van der Waals surface area contributed by atoms with Crippen molar-refractivity contribution in [2.24, 2.45) is 23.7 Å². The molecule has 12 rings (SSSR count). The summed E-state index contributed by atoms with van der Waals surface area (Å²) in [6.45, 7) is 27.8. The van der Waals surface area contributed by atoms with Gasteiger partial charge in [-0.25, -0.2) is 9.69 Å². The second-order valence-electron chi connectivity index (χ2n) is 26.0. The van der Waals surface area contributed by atoms with Crippen molar-refractivity contribution in [2.45, 2.75) is 134 Å². The lowest BCUT2D eigenvalue weighted by atomic mass is 9.72. The number of allylic oxidation sites excluding steroid dienone is 5. The van der Waals surface area contributed by atoms with Crippen LogP contribution in [0.25, 0.3) is 9.69 Å². The summed E-state index contributed by atoms with van der Waals surface area (Å²) >= 11 is 0. The van der Waals surface area contributed by atoms with Crippen LogP contribution < -0.4 is 37.9 Å². The topological polar surface area (TPSA) is 130 Å². The van der Waals surface area contributed by atoms with Crippen molar-refractivity contribution in [3.05, 3.63) is 202 Å². The van der Waals surface area contributed by atoms with E-state index in [1.807, 2.05) is 54.6 Å². The monoisotopic (exact) mass is 1180 g/mol. The van der Waals surface area contributed by atoms with Crippen molar-refractivity contribution < 1.29 is 37.9 Å². The summed E-state index contributed by atoms with van der Waals surface area (Å²) in [5, 5.41) is 21.8. The van der Waals surface area contributed by atoms with Crippen LogP contribution in [0, 0.1) is 59.5 Å². The predicted octanol–water partition coefficient (Wildman–Crippen LogP) is 20.3. The van der Waals surface area contributed by atoms with Crippen LogP contribution in [0.5, 0.6) is 69.0 Å². The van der Waals surface area contributed by atoms with Gasteiger partial charge in [-0.05, 0) is 202 Å². The highest BCUT2D eigenvalue weighted by Crippen LogP contribution is 2.66. The molecule has 0 radical (unpaired) electrons. The normalized spacial score (nSPS) is 21.5. The minimum absolute atomic E-state index is 0.236. The van der Waals surface area contributed by atoms with Gasteiger partial charge in [-0.15, -0.1) is 0 Å². The Morgan fingerprint density at radius 3 is 1.18 bits per heavy atom. The van der Waals surface area contributed by atoms with E-state index in [1.165, 1.54) is 0 Å². The Morgan fingerprint density at radius 2 is 0.798 bits per heavy atom. The molecule has 0 fully saturated rings. The Kier molecular flexibility index (Phi) is 17.6. The third-order valence-corrected chi connectivity index (χ3v) is 18.6. The van der Waals surface area contributed by atoms with Crippen molar-refractivity contribution in [1.82, 2.24) is 0 Å². The van der Waals surface area contributed by atoms with Crippen LogP contribution in [0.1, 0.15) is 151 Å². The molecule has 89 heavy (non-hydrogen) atoms. The predicted molar refractivity (Wildman–Crippen MR) is 345 cm³/mol. The van der Waals surface area contributed by atoms with Gasteiger partial charge in [-0.2, -0.15) is 10.5 Å². The van der Waals surface area contributed by atoms with Gasteiger partial charge in [-0.3, -0.25) is 0 Å². The van der Waals surface area contributed by atoms with Crippen molar-refractivity contribution in [2.75, 3.05) is 26.4 Å². The Labute approximate surface area is 524 Å². The van der Waals surface area contributed by atoms with Gasteiger partial charge in [0.15, 0.2) is 23.0 Å². The number of rotatable bonds is 20. The number of hydrogen-bond donors (Lipinski definition) is 0. The minimum atomic E-state index is -0.675. The number of para-hydroxylation sites is 2. The van der Waals surface area contributed by atoms with Crippen LogP contribution in [-0.4, -0.2) is 26.4 Å². The molecule has 6 aliphatic carbocycles. The molecular weight excluding hydrogens is 1110 g/mol. The first kappa shape index (κ1) is 59.9. The molecule has 0 N–H and O–H groups in total. The second kappa shape index (κ2) is 26.1. The molecule has 6 aliphatic rings. The molecule has 0 amide bonds. The van der Waals surface area contributed by atoms with Crippen molar-refractivity contribution in [1.29, 1.82) is 10.5 Å². The molecule has 12 heteroatoms. The largest absolute Gasteiger partial charge is 0.504 e. The van der Waals surface area contributed by atoms with Crippen molar-refractivity contribution in [3.8, 4) is 81.1 Å². The van der Waals surface area contributed by atoms with Gasteiger partial charge in [0, 0.05) is 23.2 Å². The van der Waals surface area contributed by atoms with Gasteiger partial charge in [0.2, 0.25) is 0 Å². The van der Waals surface area contributed by atoms with E-state index in [9.17, 15) is 10.5 Å². The van der Waals surface area contributed by atoms with Crippen molar-refractivity contribution >= 4 is 11.4 Å². The van der Waals surface area contributed by atoms with Gasteiger partial charge in [0.25, 0.3) is 11.4 Å². The van der Waals surface area contributed by atoms with E-state index in [1.54, 1.807) is 24.3 Å². The number of benzene rings is 6. The molecule has 1 spiro atoms. The fourth-order valence-corrected chi connectivity index (χ4v) is 14.3. The summed E-state index contributed by atoms with van der Waals surface area (Å²) in [6, 6.07) is 34.8. The molecule has 0 heterocycles. The zero-order valence-corrected chi connectivity index (χ0v) is 51.4. The summed E-state index contributed by atoms with van der Waals surface area (Å²) in [4.78, 5) is 8.03. The average molecular weight is 1190 g/mol. The lowest BCUT2D eigenvalue weighted by Crippen LogP contribution is -2.27. The maximum atomic E-state index is 10.9. The van der Waals surface area contributed by atoms with Crippen LogP contribution in [0.3, 0.4) is 0 Å². The Morgan fingerprint density at radius 1 is 0.427 bits per heavy atom. The summed E-state index contributed by atoms with van der Waals surface area (Å²) in [7, 11) is 0. The fraction of sp³-hybridized carbons (Fsp3) is 0.377. The van der Waals surface area contributed by atoms with E-state index < -0.39 is 16.2 Å². The van der Waals surface area contributed by atoms with Crippen LogP contribution >= 0.6 is 0 Å². The maximum Gasteiger partial charge on any atom is 0.269 e. The molecule has 452 valence electrons. The van der Waals surface area contributed by atoms with Gasteiger partial charge < -0.3 is 37.9 Å². The quantitative estimate of drug-likeness (QED) is 0.0538. The molecule has 6 aromatic rings. The first-order chi connectivity index (χ1) is 43.4. The lowest BCUT2D eigenvalue weighted by molar-refractivity contribution is 0.237. The van der Waals surface area contributed by atoms with Gasteiger partial charge in [0.1, 0.15) is 69.3 Å². The number of nitrogens with zero attached hydrogens (tertiary/aromatic N) is 4. The van der Waals surface area contributed by atoms with E-state index in [-0.39, 0.29) is 40.3 Å². The van der Waals surface area contributed by atoms with E-state index in [0.29, 0.717) is 114 Å². The molecular formula is C77H76N4O8. The molecule has 0 aromatic heterocycles. The van der Waals surface area contributed by atoms with Gasteiger partial charge >= 0.3 is 0 Å². The molecule has 5 unspecified atom stereocenters. The summed E-state index contributed by atoms with van der Waals surface area (Å²) in [5.41, 5.74) is 3.46. The van der Waals surface area contributed by atoms with Crippen LogP contribution in [0.4, 0.5) is 11.4 Å². The van der Waals surface area contributed by atoms with E-state index in [0.717, 1.165) is 99.3 Å². The SMILES string of the molecule is [C-]#[N+]c1c(OCC2C=CCCC2)cccc1Oc1cc2c(cc1Oc1cccc(OCC3C=CCCC3)c1[N+]#[C-])C1(CC(C)(C)c3cc(Oc4cccc(OCC5C=CCCC5)c4C#N)c(Oc4cccc(OCC5CC=CCC5)c4C#N)cc31)CC2(C)C. The van der Waals surface area contributed by atoms with Crippen LogP contribution in [0.15, 0.2) is 146 Å². The number of hydrogen-bond acceptors (Lipinski definition) is 10. The Hall–Kier alpha value is -9.36. The van der Waals surface area contributed by atoms with Gasteiger partial charge in [-0.1, -0.05) is 101 Å². The van der Waals surface area contributed by atoms with Crippen molar-refractivity contribution in [3.63, 3.8) is 0 Å². The first-order valence-corrected chi connectivity index (χ1v) is 31.7. The first-order valence-electron chi connectivity index (χ1n) is 31.7. The van der Waals surface area contributed by atoms with Crippen LogP contribution in [0.2, 0.25) is 0 Å². The third kappa shape index (κ3) is 12.7. The summed E-state index contributed by atoms with van der Waals surface area (Å²) in [5.74, 6) is 5.41. The maximum absolute atomic E-state index is 10.9. The van der Waals surface area contributed by atoms with Gasteiger partial charge in [0.05, 0.1) is 39.6 Å². The molecule has 0 saturated heterocycles. The smallest absolute Gasteiger partial charge is 0.269 e. The highest BCUT2D eigenvalue weighted by Gasteiger charge is 2.57. The fourth-order valence-electron chi connectivity index (χ4n) is 14.3. The average Bonchev–Trinajstić information content (AvgIpc) is 1.55. The number of fused-ring (bicyclic) bond motifs is 4. The lowest BCUT2D eigenvalue weighted by Gasteiger charge is -2.31. The zero-order valence-electron chi connectivity index (χ0n) is 51.4. The van der Waals surface area contributed by atoms with E-state index in [2.05, 4.69) is 116 Å². The second-order valence-corrected chi connectivity index (χ2v) is 26.0. The highest BCUT2D eigenvalue weighted by molar-refractivity contribution is 5.73. The number of ether oxygens (including phenoxy) is 8. The van der Waals surface area contributed by atoms with E-state index >= 15 is 0 Å². The number of nitriles is 2. The molecule has 6 aromatic carbocycles. The molecule has 12 nitrogen and oxygen atoms in total. The molecule has 5 atom stereocenters. The molecule has 0 saturated carbocycles. The molecule has 0 aliphatic heterocycles. The zero-order chi connectivity index (χ0) is 61.5. The summed E-state index contributed by atoms with van der Waals surface area (Å²) in [6.07, 6.45) is 31.3. The Bertz CT molecular complexity index is 3950. The highest BCUT2D eigenvalue weighted by atomic mass is 16.5. The van der Waals surface area contributed by atoms with Crippen LogP contribution in [-0.2, 0) is 16.2 Å². The standard InChI is InChI=1S/C77H76N4O8/c1-75(2)49-77(59-41-71(87-64-34-20-32-62(56(64)44-79)83-46-52-25-13-8-14-26-52)69(39-57(59)75)86-63-33-19-31-61(55(63)43-78)82-45-51-23-11-7-12-24-51)50-76(3,4)58-40-70(88-67-37-21-35-65(73(67)80-5)84-47-53-27-15-9-16-28-53)72(42-60(58)77)89-68-38-22-36-66(74(68)81-6)85-48-54-29-17-10-18-30-54/h8,11,13,15,17,19-23,27,29,31-42,51-54H,7,9-10,12,14,16,18,24-26,28,30,45-50H2,1-4H3. The summed E-state index contributed by atoms with van der Waals surface area (Å²) < 4.78 is 53.8. The third-order valence-electron chi connectivity index (χ3n) is 18.6. The Balaban J connectivity index is 0.984.